The normalized spacial score (nSPS) is 13.3. The van der Waals surface area contributed by atoms with E-state index in [1.165, 1.54) is 4.68 Å². The van der Waals surface area contributed by atoms with Gasteiger partial charge in [-0.3, -0.25) is 4.57 Å². The SMILES string of the molecule is Cc1ccc(-n2nc3n(c2=O)CCN(C(=O)Nc2ccc(Cl)cc2)C3)cc1. The second kappa shape index (κ2) is 6.92. The van der Waals surface area contributed by atoms with Gasteiger partial charge in [0.05, 0.1) is 12.2 Å². The third kappa shape index (κ3) is 3.46. The first kappa shape index (κ1) is 17.4. The zero-order valence-corrected chi connectivity index (χ0v) is 15.5. The number of hydrogen-bond donors (Lipinski definition) is 1. The summed E-state index contributed by atoms with van der Waals surface area (Å²) >= 11 is 5.86. The third-order valence-electron chi connectivity index (χ3n) is 4.53. The van der Waals surface area contributed by atoms with Crippen LogP contribution in [0.5, 0.6) is 0 Å². The highest BCUT2D eigenvalue weighted by Gasteiger charge is 2.25. The fourth-order valence-electron chi connectivity index (χ4n) is 3.01. The second-order valence-corrected chi connectivity index (χ2v) is 6.89. The zero-order valence-electron chi connectivity index (χ0n) is 14.7. The van der Waals surface area contributed by atoms with Crippen molar-refractivity contribution in [2.24, 2.45) is 0 Å². The predicted octanol–water partition coefficient (Wildman–Crippen LogP) is 3.04. The van der Waals surface area contributed by atoms with E-state index < -0.39 is 0 Å². The maximum Gasteiger partial charge on any atom is 0.350 e. The molecule has 27 heavy (non-hydrogen) atoms. The number of halogens is 1. The molecule has 3 aromatic rings. The number of anilines is 1. The molecular weight excluding hydrogens is 366 g/mol. The van der Waals surface area contributed by atoms with Crippen molar-refractivity contribution in [2.75, 3.05) is 11.9 Å². The Hall–Kier alpha value is -3.06. The van der Waals surface area contributed by atoms with Crippen molar-refractivity contribution in [1.29, 1.82) is 0 Å². The summed E-state index contributed by atoms with van der Waals surface area (Å²) in [5.74, 6) is 0.568. The number of nitrogens with one attached hydrogen (secondary N) is 1. The van der Waals surface area contributed by atoms with E-state index in [9.17, 15) is 9.59 Å². The molecule has 7 nitrogen and oxygen atoms in total. The van der Waals surface area contributed by atoms with E-state index in [1.807, 2.05) is 31.2 Å². The Morgan fingerprint density at radius 1 is 1.07 bits per heavy atom. The molecule has 0 bridgehead atoms. The Kier molecular flexibility index (Phi) is 4.45. The van der Waals surface area contributed by atoms with Gasteiger partial charge < -0.3 is 10.2 Å². The minimum absolute atomic E-state index is 0.188. The van der Waals surface area contributed by atoms with Crippen molar-refractivity contribution in [3.8, 4) is 5.69 Å². The van der Waals surface area contributed by atoms with Gasteiger partial charge in [0.15, 0.2) is 5.82 Å². The molecule has 8 heteroatoms. The number of benzene rings is 2. The maximum atomic E-state index is 12.6. The summed E-state index contributed by atoms with van der Waals surface area (Å²) < 4.78 is 3.00. The van der Waals surface area contributed by atoms with E-state index in [1.54, 1.807) is 33.7 Å². The fraction of sp³-hybridized carbons (Fsp3) is 0.211. The Labute approximate surface area is 160 Å². The summed E-state index contributed by atoms with van der Waals surface area (Å²) in [6, 6.07) is 14.3. The third-order valence-corrected chi connectivity index (χ3v) is 4.78. The number of hydrogen-bond acceptors (Lipinski definition) is 3. The van der Waals surface area contributed by atoms with Crippen LogP contribution in [0.4, 0.5) is 10.5 Å². The van der Waals surface area contributed by atoms with Gasteiger partial charge in [-0.1, -0.05) is 29.3 Å². The summed E-state index contributed by atoms with van der Waals surface area (Å²) in [4.78, 5) is 26.8. The average molecular weight is 384 g/mol. The molecule has 1 aliphatic heterocycles. The molecule has 0 radical (unpaired) electrons. The lowest BCUT2D eigenvalue weighted by molar-refractivity contribution is 0.195. The van der Waals surface area contributed by atoms with E-state index >= 15 is 0 Å². The lowest BCUT2D eigenvalue weighted by Gasteiger charge is -2.26. The van der Waals surface area contributed by atoms with Gasteiger partial charge in [-0.15, -0.1) is 5.10 Å². The van der Waals surface area contributed by atoms with Crippen LogP contribution in [-0.4, -0.2) is 31.8 Å². The van der Waals surface area contributed by atoms with Crippen molar-refractivity contribution < 1.29 is 4.79 Å². The van der Waals surface area contributed by atoms with Crippen molar-refractivity contribution in [2.45, 2.75) is 20.0 Å². The van der Waals surface area contributed by atoms with E-state index in [4.69, 9.17) is 11.6 Å². The topological polar surface area (TPSA) is 72.2 Å². The van der Waals surface area contributed by atoms with Gasteiger partial charge in [0.1, 0.15) is 0 Å². The first-order valence-corrected chi connectivity index (χ1v) is 8.96. The maximum absolute atomic E-state index is 12.6. The van der Waals surface area contributed by atoms with E-state index in [2.05, 4.69) is 10.4 Å². The van der Waals surface area contributed by atoms with Gasteiger partial charge in [-0.2, -0.15) is 4.68 Å². The number of aromatic nitrogens is 3. The van der Waals surface area contributed by atoms with Crippen LogP contribution in [-0.2, 0) is 13.1 Å². The number of aryl methyl sites for hydroxylation is 1. The van der Waals surface area contributed by atoms with Crippen LogP contribution in [0.2, 0.25) is 5.02 Å². The van der Waals surface area contributed by atoms with Crippen LogP contribution >= 0.6 is 11.6 Å². The molecule has 0 atom stereocenters. The van der Waals surface area contributed by atoms with E-state index in [0.717, 1.165) is 5.56 Å². The molecule has 2 aromatic carbocycles. The number of carbonyl (C=O) groups excluding carboxylic acids is 1. The number of rotatable bonds is 2. The number of nitrogens with zero attached hydrogens (tertiary/aromatic N) is 4. The molecule has 0 saturated carbocycles. The van der Waals surface area contributed by atoms with Gasteiger partial charge in [0.25, 0.3) is 0 Å². The highest BCUT2D eigenvalue weighted by Crippen LogP contribution is 2.16. The average Bonchev–Trinajstić information content (AvgIpc) is 3.00. The number of urea groups is 1. The molecule has 0 spiro atoms. The smallest absolute Gasteiger partial charge is 0.315 e. The van der Waals surface area contributed by atoms with Crippen LogP contribution < -0.4 is 11.0 Å². The summed E-state index contributed by atoms with van der Waals surface area (Å²) in [5, 5.41) is 7.87. The van der Waals surface area contributed by atoms with Crippen LogP contribution in [0.1, 0.15) is 11.4 Å². The largest absolute Gasteiger partial charge is 0.350 e. The first-order valence-electron chi connectivity index (χ1n) is 8.58. The monoisotopic (exact) mass is 383 g/mol. The van der Waals surface area contributed by atoms with E-state index in [-0.39, 0.29) is 18.3 Å². The Morgan fingerprint density at radius 3 is 2.48 bits per heavy atom. The van der Waals surface area contributed by atoms with Gasteiger partial charge in [-0.25, -0.2) is 9.59 Å². The molecule has 0 saturated heterocycles. The van der Waals surface area contributed by atoms with Crippen LogP contribution in [0.25, 0.3) is 5.69 Å². The second-order valence-electron chi connectivity index (χ2n) is 6.46. The number of fused-ring (bicyclic) bond motifs is 1. The summed E-state index contributed by atoms with van der Waals surface area (Å²) in [5.41, 5.74) is 2.30. The van der Waals surface area contributed by atoms with Crippen molar-refractivity contribution in [3.63, 3.8) is 0 Å². The minimum Gasteiger partial charge on any atom is -0.315 e. The molecule has 138 valence electrons. The number of carbonyl (C=O) groups is 1. The molecule has 1 aliphatic rings. The van der Waals surface area contributed by atoms with Crippen LogP contribution in [0.3, 0.4) is 0 Å². The van der Waals surface area contributed by atoms with Gasteiger partial charge in [0, 0.05) is 23.8 Å². The van der Waals surface area contributed by atoms with Crippen molar-refractivity contribution in [3.05, 3.63) is 75.4 Å². The Morgan fingerprint density at radius 2 is 1.78 bits per heavy atom. The van der Waals surface area contributed by atoms with E-state index in [0.29, 0.717) is 35.3 Å². The predicted molar refractivity (Wildman–Crippen MR) is 103 cm³/mol. The highest BCUT2D eigenvalue weighted by atomic mass is 35.5. The molecule has 0 fully saturated rings. The highest BCUT2D eigenvalue weighted by molar-refractivity contribution is 6.30. The summed E-state index contributed by atoms with van der Waals surface area (Å²) in [6.07, 6.45) is 0. The molecule has 1 aromatic heterocycles. The van der Waals surface area contributed by atoms with Crippen molar-refractivity contribution in [1.82, 2.24) is 19.2 Å². The lowest BCUT2D eigenvalue weighted by atomic mass is 10.2. The number of amides is 2. The summed E-state index contributed by atoms with van der Waals surface area (Å²) in [6.45, 7) is 3.11. The first-order chi connectivity index (χ1) is 13.0. The zero-order chi connectivity index (χ0) is 19.0. The molecule has 2 heterocycles. The van der Waals surface area contributed by atoms with Gasteiger partial charge in [-0.05, 0) is 43.3 Å². The molecule has 4 rings (SSSR count). The van der Waals surface area contributed by atoms with Gasteiger partial charge in [0.2, 0.25) is 0 Å². The lowest BCUT2D eigenvalue weighted by Crippen LogP contribution is -2.42. The summed E-state index contributed by atoms with van der Waals surface area (Å²) in [7, 11) is 0. The molecule has 1 N–H and O–H groups in total. The van der Waals surface area contributed by atoms with Crippen LogP contribution in [0, 0.1) is 6.92 Å². The van der Waals surface area contributed by atoms with Crippen molar-refractivity contribution >= 4 is 23.3 Å². The Balaban J connectivity index is 1.53. The van der Waals surface area contributed by atoms with Crippen LogP contribution in [0.15, 0.2) is 53.3 Å². The minimum atomic E-state index is -0.235. The fourth-order valence-corrected chi connectivity index (χ4v) is 3.14. The van der Waals surface area contributed by atoms with Gasteiger partial charge >= 0.3 is 11.7 Å². The molecular formula is C19H18ClN5O2. The molecule has 0 unspecified atom stereocenters. The Bertz CT molecular complexity index is 1040. The quantitative estimate of drug-likeness (QED) is 0.739. The molecule has 0 aliphatic carbocycles. The standard InChI is InChI=1S/C19H18ClN5O2/c1-13-2-8-16(9-3-13)25-19(27)24-11-10-23(12-17(24)22-25)18(26)21-15-6-4-14(20)5-7-15/h2-9H,10-12H2,1H3,(H,21,26). The molecule has 2 amide bonds.